The van der Waals surface area contributed by atoms with E-state index in [1.807, 2.05) is 0 Å². The van der Waals surface area contributed by atoms with Gasteiger partial charge in [-0.15, -0.1) is 0 Å². The smallest absolute Gasteiger partial charge is 0.334 e. The van der Waals surface area contributed by atoms with Crippen molar-refractivity contribution in [1.29, 1.82) is 0 Å². The molecule has 1 aromatic heterocycles. The van der Waals surface area contributed by atoms with Crippen LogP contribution in [0.1, 0.15) is 62.3 Å². The van der Waals surface area contributed by atoms with E-state index < -0.39 is 24.6 Å². The van der Waals surface area contributed by atoms with Gasteiger partial charge in [-0.25, -0.2) is 13.8 Å². The number of fused-ring (bicyclic) bond motifs is 2. The molecule has 2 heterocycles. The van der Waals surface area contributed by atoms with Gasteiger partial charge in [0, 0.05) is 25.4 Å². The number of hydrogen-bond acceptors (Lipinski definition) is 6. The standard InChI is InChI=1S/C28H43N5O5SSi/c1-28(2,3)40(5,6)38-23-14-22(37-18-23)17-33(21-15-29-32(4)16-21)39(35,36)31-27(34)30-26-24-11-7-9-19(24)13-20-10-8-12-25(20)26/h13,15-16,22-23H,7-12,14,17-18H2,1-6H3,(H2,30,31,34)/t22-,23-/m0/s1. The predicted octanol–water partition coefficient (Wildman–Crippen LogP) is 4.45. The van der Waals surface area contributed by atoms with E-state index in [2.05, 4.69) is 55.1 Å². The summed E-state index contributed by atoms with van der Waals surface area (Å²) in [6.45, 7) is 11.4. The van der Waals surface area contributed by atoms with Crippen molar-refractivity contribution in [3.63, 3.8) is 0 Å². The van der Waals surface area contributed by atoms with Crippen molar-refractivity contribution in [3.8, 4) is 0 Å². The molecule has 0 saturated carbocycles. The molecule has 0 spiro atoms. The van der Waals surface area contributed by atoms with E-state index in [1.54, 1.807) is 13.2 Å². The molecule has 40 heavy (non-hydrogen) atoms. The molecule has 0 bridgehead atoms. The molecule has 1 aromatic carbocycles. The molecule has 220 valence electrons. The Morgan fingerprint density at radius 2 is 1.82 bits per heavy atom. The third-order valence-corrected chi connectivity index (χ3v) is 14.8. The molecule has 1 saturated heterocycles. The van der Waals surface area contributed by atoms with E-state index >= 15 is 0 Å². The van der Waals surface area contributed by atoms with Gasteiger partial charge in [-0.3, -0.25) is 4.68 Å². The van der Waals surface area contributed by atoms with Gasteiger partial charge in [-0.1, -0.05) is 26.8 Å². The Balaban J connectivity index is 1.31. The number of ether oxygens (including phenoxy) is 1. The highest BCUT2D eigenvalue weighted by Gasteiger charge is 2.42. The summed E-state index contributed by atoms with van der Waals surface area (Å²) in [6, 6.07) is 1.52. The topological polar surface area (TPSA) is 115 Å². The van der Waals surface area contributed by atoms with E-state index in [-0.39, 0.29) is 23.8 Å². The average Bonchev–Trinajstić information content (AvgIpc) is 3.63. The lowest BCUT2D eigenvalue weighted by Gasteiger charge is -2.38. The van der Waals surface area contributed by atoms with Crippen molar-refractivity contribution in [2.45, 2.75) is 96.1 Å². The minimum Gasteiger partial charge on any atom is -0.411 e. The number of nitrogens with zero attached hydrogens (tertiary/aromatic N) is 3. The Morgan fingerprint density at radius 3 is 2.40 bits per heavy atom. The fourth-order valence-electron chi connectivity index (χ4n) is 5.82. The van der Waals surface area contributed by atoms with Gasteiger partial charge in [0.2, 0.25) is 0 Å². The highest BCUT2D eigenvalue weighted by Crippen LogP contribution is 2.40. The molecule has 2 N–H and O–H groups in total. The van der Waals surface area contributed by atoms with E-state index in [0.717, 1.165) is 55.3 Å². The number of hydrogen-bond donors (Lipinski definition) is 2. The van der Waals surface area contributed by atoms with Crippen LogP contribution in [0.15, 0.2) is 18.5 Å². The molecule has 2 atom stereocenters. The normalized spacial score (nSPS) is 20.9. The number of aryl methyl sites for hydroxylation is 3. The second-order valence-electron chi connectivity index (χ2n) is 12.9. The molecule has 0 radical (unpaired) electrons. The first-order valence-corrected chi connectivity index (χ1v) is 18.6. The monoisotopic (exact) mass is 589 g/mol. The highest BCUT2D eigenvalue weighted by atomic mass is 32.2. The predicted molar refractivity (Wildman–Crippen MR) is 159 cm³/mol. The van der Waals surface area contributed by atoms with E-state index in [1.165, 1.54) is 26.3 Å². The van der Waals surface area contributed by atoms with Gasteiger partial charge in [0.15, 0.2) is 8.32 Å². The number of carbonyl (C=O) groups excluding carboxylic acids is 1. The SMILES string of the molecule is Cn1cc(N(C[C@@H]2C[C@H](O[Si](C)(C)C(C)(C)C)CO2)S(=O)(=O)NC(=O)Nc2c3c(cc4c2CCC4)CCC3)cn1. The quantitative estimate of drug-likeness (QED) is 0.440. The van der Waals surface area contributed by atoms with Gasteiger partial charge >= 0.3 is 16.2 Å². The molecule has 2 aromatic rings. The van der Waals surface area contributed by atoms with E-state index in [4.69, 9.17) is 9.16 Å². The molecule has 3 aliphatic rings. The second-order valence-corrected chi connectivity index (χ2v) is 19.2. The van der Waals surface area contributed by atoms with Gasteiger partial charge in [0.05, 0.1) is 37.2 Å². The van der Waals surface area contributed by atoms with Crippen LogP contribution in [0.2, 0.25) is 18.1 Å². The first-order chi connectivity index (χ1) is 18.7. The Morgan fingerprint density at radius 1 is 1.18 bits per heavy atom. The second kappa shape index (κ2) is 10.8. The summed E-state index contributed by atoms with van der Waals surface area (Å²) < 4.78 is 44.9. The number of anilines is 2. The van der Waals surface area contributed by atoms with Crippen molar-refractivity contribution in [2.24, 2.45) is 7.05 Å². The first-order valence-electron chi connectivity index (χ1n) is 14.3. The van der Waals surface area contributed by atoms with Gasteiger partial charge in [-0.2, -0.15) is 13.5 Å². The summed E-state index contributed by atoms with van der Waals surface area (Å²) in [5, 5.41) is 7.15. The number of urea groups is 1. The largest absolute Gasteiger partial charge is 0.411 e. The van der Waals surface area contributed by atoms with Crippen molar-refractivity contribution in [3.05, 3.63) is 40.7 Å². The number of rotatable bonds is 8. The summed E-state index contributed by atoms with van der Waals surface area (Å²) in [5.74, 6) is 0. The van der Waals surface area contributed by atoms with Crippen molar-refractivity contribution in [1.82, 2.24) is 14.5 Å². The third-order valence-electron chi connectivity index (χ3n) is 8.88. The molecular weight excluding hydrogens is 546 g/mol. The van der Waals surface area contributed by atoms with Crippen LogP contribution in [0.4, 0.5) is 16.2 Å². The fourth-order valence-corrected chi connectivity index (χ4v) is 8.30. The Labute approximate surface area is 239 Å². The van der Waals surface area contributed by atoms with Gasteiger partial charge < -0.3 is 14.5 Å². The summed E-state index contributed by atoms with van der Waals surface area (Å²) >= 11 is 0. The van der Waals surface area contributed by atoms with Gasteiger partial charge in [0.1, 0.15) is 0 Å². The number of aromatic nitrogens is 2. The van der Waals surface area contributed by atoms with Crippen molar-refractivity contribution < 1.29 is 22.4 Å². The minimum atomic E-state index is -4.27. The third kappa shape index (κ3) is 5.95. The Bertz CT molecular complexity index is 1350. The van der Waals surface area contributed by atoms with Gasteiger partial charge in [-0.05, 0) is 78.9 Å². The van der Waals surface area contributed by atoms with E-state index in [9.17, 15) is 13.2 Å². The molecule has 1 fully saturated rings. The molecule has 10 nitrogen and oxygen atoms in total. The van der Waals surface area contributed by atoms with Crippen LogP contribution >= 0.6 is 0 Å². The van der Waals surface area contributed by atoms with Crippen molar-refractivity contribution >= 4 is 35.9 Å². The number of amides is 2. The van der Waals surface area contributed by atoms with Crippen LogP contribution in [0.5, 0.6) is 0 Å². The highest BCUT2D eigenvalue weighted by molar-refractivity contribution is 7.91. The molecule has 2 amide bonds. The maximum atomic E-state index is 13.7. The van der Waals surface area contributed by atoms with E-state index in [0.29, 0.717) is 18.7 Å². The lowest BCUT2D eigenvalue weighted by Crippen LogP contribution is -2.48. The zero-order valence-corrected chi connectivity index (χ0v) is 26.4. The fraction of sp³-hybridized carbons (Fsp3) is 0.643. The number of carbonyl (C=O) groups is 1. The number of benzene rings is 1. The lowest BCUT2D eigenvalue weighted by molar-refractivity contribution is 0.0956. The lowest BCUT2D eigenvalue weighted by atomic mass is 9.99. The van der Waals surface area contributed by atoms with Crippen LogP contribution in [-0.4, -0.2) is 57.9 Å². The van der Waals surface area contributed by atoms with Crippen LogP contribution in [0, 0.1) is 0 Å². The molecule has 0 unspecified atom stereocenters. The molecule has 1 aliphatic heterocycles. The molecule has 5 rings (SSSR count). The minimum absolute atomic E-state index is 0.0435. The van der Waals surface area contributed by atoms with Gasteiger partial charge in [0.25, 0.3) is 0 Å². The Hall–Kier alpha value is -2.41. The van der Waals surface area contributed by atoms with Crippen LogP contribution in [-0.2, 0) is 52.1 Å². The first kappa shape index (κ1) is 29.1. The summed E-state index contributed by atoms with van der Waals surface area (Å²) in [4.78, 5) is 13.2. The summed E-state index contributed by atoms with van der Waals surface area (Å²) in [5.41, 5.74) is 5.98. The molecule has 12 heteroatoms. The number of nitrogens with one attached hydrogen (secondary N) is 2. The van der Waals surface area contributed by atoms with Crippen LogP contribution in [0.3, 0.4) is 0 Å². The maximum Gasteiger partial charge on any atom is 0.334 e. The van der Waals surface area contributed by atoms with Crippen LogP contribution in [0.25, 0.3) is 0 Å². The van der Waals surface area contributed by atoms with Crippen LogP contribution < -0.4 is 14.3 Å². The molecule has 2 aliphatic carbocycles. The molecular formula is C28H43N5O5SSi. The van der Waals surface area contributed by atoms with Crippen molar-refractivity contribution in [2.75, 3.05) is 22.8 Å². The summed E-state index contributed by atoms with van der Waals surface area (Å²) in [7, 11) is -4.55. The maximum absolute atomic E-state index is 13.7. The average molecular weight is 590 g/mol. The zero-order valence-electron chi connectivity index (χ0n) is 24.5. The zero-order chi connectivity index (χ0) is 28.9. The Kier molecular flexibility index (Phi) is 7.83. The summed E-state index contributed by atoms with van der Waals surface area (Å²) in [6.07, 6.45) is 9.06.